The van der Waals surface area contributed by atoms with Gasteiger partial charge in [-0.05, 0) is 41.1 Å². The Morgan fingerprint density at radius 3 is 2.94 bits per heavy atom. The minimum atomic E-state index is -0.403. The molecule has 0 fully saturated rings. The van der Waals surface area contributed by atoms with E-state index in [9.17, 15) is 4.79 Å². The molecule has 0 bridgehead atoms. The van der Waals surface area contributed by atoms with Gasteiger partial charge in [0.25, 0.3) is 0 Å². The highest BCUT2D eigenvalue weighted by Crippen LogP contribution is 2.21. The van der Waals surface area contributed by atoms with Crippen LogP contribution in [-0.2, 0) is 11.3 Å². The van der Waals surface area contributed by atoms with Crippen molar-refractivity contribution in [2.24, 2.45) is 0 Å². The molecule has 0 spiro atoms. The number of hydrogen-bond donors (Lipinski definition) is 1. The highest BCUT2D eigenvalue weighted by atomic mass is 79.9. The summed E-state index contributed by atoms with van der Waals surface area (Å²) in [5.41, 5.74) is 7.41. The van der Waals surface area contributed by atoms with Gasteiger partial charge in [-0.25, -0.2) is 9.78 Å². The van der Waals surface area contributed by atoms with Crippen molar-refractivity contribution in [3.8, 4) is 0 Å². The zero-order chi connectivity index (χ0) is 13.1. The van der Waals surface area contributed by atoms with Gasteiger partial charge in [-0.1, -0.05) is 0 Å². The maximum Gasteiger partial charge on any atom is 0.338 e. The second-order valence-electron chi connectivity index (χ2n) is 3.67. The molecule has 0 saturated heterocycles. The van der Waals surface area contributed by atoms with Crippen LogP contribution in [0, 0.1) is 6.92 Å². The Morgan fingerprint density at radius 1 is 1.56 bits per heavy atom. The first-order valence-electron chi connectivity index (χ1n) is 5.19. The molecular formula is C12H11BrN2O2S. The molecule has 94 valence electrons. The summed E-state index contributed by atoms with van der Waals surface area (Å²) in [7, 11) is 0. The lowest BCUT2D eigenvalue weighted by Crippen LogP contribution is -2.06. The van der Waals surface area contributed by atoms with Gasteiger partial charge in [-0.3, -0.25) is 0 Å². The zero-order valence-corrected chi connectivity index (χ0v) is 12.0. The van der Waals surface area contributed by atoms with Gasteiger partial charge >= 0.3 is 5.97 Å². The molecule has 0 atom stereocenters. The van der Waals surface area contributed by atoms with E-state index in [1.54, 1.807) is 18.2 Å². The minimum Gasteiger partial charge on any atom is -0.456 e. The Kier molecular flexibility index (Phi) is 3.98. The number of nitrogen functional groups attached to an aromatic ring is 1. The highest BCUT2D eigenvalue weighted by Gasteiger charge is 2.10. The first-order valence-corrected chi connectivity index (χ1v) is 6.86. The number of aromatic nitrogens is 1. The predicted molar refractivity (Wildman–Crippen MR) is 74.5 cm³/mol. The molecule has 0 amide bonds. The van der Waals surface area contributed by atoms with E-state index in [-0.39, 0.29) is 6.61 Å². The molecule has 4 nitrogen and oxygen atoms in total. The number of benzene rings is 1. The quantitative estimate of drug-likeness (QED) is 0.695. The number of anilines is 1. The van der Waals surface area contributed by atoms with Gasteiger partial charge in [-0.2, -0.15) is 0 Å². The fourth-order valence-electron chi connectivity index (χ4n) is 1.37. The number of esters is 1. The Bertz CT molecular complexity index is 583. The molecule has 18 heavy (non-hydrogen) atoms. The lowest BCUT2D eigenvalue weighted by molar-refractivity contribution is 0.0468. The van der Waals surface area contributed by atoms with E-state index in [0.29, 0.717) is 11.3 Å². The highest BCUT2D eigenvalue weighted by molar-refractivity contribution is 9.10. The van der Waals surface area contributed by atoms with Gasteiger partial charge in [0.2, 0.25) is 0 Å². The number of rotatable bonds is 3. The summed E-state index contributed by atoms with van der Waals surface area (Å²) >= 11 is 4.80. The van der Waals surface area contributed by atoms with Gasteiger partial charge in [0.15, 0.2) is 0 Å². The van der Waals surface area contributed by atoms with Gasteiger partial charge < -0.3 is 10.5 Å². The van der Waals surface area contributed by atoms with Crippen LogP contribution in [-0.4, -0.2) is 11.0 Å². The number of hydrogen-bond acceptors (Lipinski definition) is 5. The van der Waals surface area contributed by atoms with Gasteiger partial charge in [0.05, 0.1) is 16.3 Å². The third kappa shape index (κ3) is 3.08. The average molecular weight is 327 g/mol. The molecule has 0 aliphatic carbocycles. The van der Waals surface area contributed by atoms with Gasteiger partial charge in [0.1, 0.15) is 6.61 Å². The summed E-state index contributed by atoms with van der Waals surface area (Å²) in [4.78, 5) is 16.0. The van der Waals surface area contributed by atoms with Crippen molar-refractivity contribution in [1.29, 1.82) is 0 Å². The topological polar surface area (TPSA) is 65.2 Å². The van der Waals surface area contributed by atoms with Crippen molar-refractivity contribution < 1.29 is 9.53 Å². The molecule has 1 aromatic carbocycles. The van der Waals surface area contributed by atoms with Crippen LogP contribution in [0.1, 0.15) is 21.1 Å². The summed E-state index contributed by atoms with van der Waals surface area (Å²) in [6.45, 7) is 2.09. The van der Waals surface area contributed by atoms with Crippen LogP contribution in [0.3, 0.4) is 0 Å². The number of nitrogens with two attached hydrogens (primary N) is 1. The average Bonchev–Trinajstić information content (AvgIpc) is 2.75. The molecule has 0 aliphatic heterocycles. The summed E-state index contributed by atoms with van der Waals surface area (Å²) in [5, 5.41) is 2.83. The van der Waals surface area contributed by atoms with Crippen molar-refractivity contribution in [2.45, 2.75) is 13.5 Å². The Morgan fingerprint density at radius 2 is 2.33 bits per heavy atom. The van der Waals surface area contributed by atoms with Crippen LogP contribution in [0.2, 0.25) is 0 Å². The van der Waals surface area contributed by atoms with Gasteiger partial charge in [0, 0.05) is 15.5 Å². The Labute approximate surface area is 117 Å². The summed E-state index contributed by atoms with van der Waals surface area (Å²) in [5.74, 6) is -0.403. The second-order valence-corrected chi connectivity index (χ2v) is 5.59. The fraction of sp³-hybridized carbons (Fsp3) is 0.167. The summed E-state index contributed by atoms with van der Waals surface area (Å²) < 4.78 is 5.92. The minimum absolute atomic E-state index is 0.180. The second kappa shape index (κ2) is 5.49. The molecular weight excluding hydrogens is 316 g/mol. The normalized spacial score (nSPS) is 10.3. The standard InChI is InChI=1S/C12H11BrN2O2S/c1-7-15-9(6-18-7)5-17-12(16)8-2-3-10(13)11(14)4-8/h2-4,6H,5,14H2,1H3. The third-order valence-electron chi connectivity index (χ3n) is 2.25. The van der Waals surface area contributed by atoms with Crippen molar-refractivity contribution in [2.75, 3.05) is 5.73 Å². The van der Waals surface area contributed by atoms with Crippen LogP contribution < -0.4 is 5.73 Å². The largest absolute Gasteiger partial charge is 0.456 e. The van der Waals surface area contributed by atoms with E-state index >= 15 is 0 Å². The SMILES string of the molecule is Cc1nc(COC(=O)c2ccc(Br)c(N)c2)cs1. The van der Waals surface area contributed by atoms with Crippen molar-refractivity contribution in [1.82, 2.24) is 4.98 Å². The zero-order valence-electron chi connectivity index (χ0n) is 9.64. The van der Waals surface area contributed by atoms with Crippen molar-refractivity contribution in [3.05, 3.63) is 44.3 Å². The number of halogens is 1. The molecule has 6 heteroatoms. The molecule has 1 heterocycles. The number of thiazole rings is 1. The number of ether oxygens (including phenoxy) is 1. The van der Waals surface area contributed by atoms with Crippen LogP contribution in [0.25, 0.3) is 0 Å². The lowest BCUT2D eigenvalue weighted by atomic mass is 10.2. The van der Waals surface area contributed by atoms with E-state index in [4.69, 9.17) is 10.5 Å². The third-order valence-corrected chi connectivity index (χ3v) is 3.79. The van der Waals surface area contributed by atoms with E-state index in [1.807, 2.05) is 12.3 Å². The van der Waals surface area contributed by atoms with Crippen LogP contribution >= 0.6 is 27.3 Å². The van der Waals surface area contributed by atoms with Crippen molar-refractivity contribution >= 4 is 38.9 Å². The number of aryl methyl sites for hydroxylation is 1. The Balaban J connectivity index is 2.01. The monoisotopic (exact) mass is 326 g/mol. The molecule has 0 unspecified atom stereocenters. The number of carbonyl (C=O) groups is 1. The lowest BCUT2D eigenvalue weighted by Gasteiger charge is -2.04. The molecule has 0 aliphatic rings. The van der Waals surface area contributed by atoms with Crippen LogP contribution in [0.15, 0.2) is 28.1 Å². The summed E-state index contributed by atoms with van der Waals surface area (Å²) in [6.07, 6.45) is 0. The Hall–Kier alpha value is -1.40. The van der Waals surface area contributed by atoms with E-state index in [0.717, 1.165) is 15.2 Å². The maximum absolute atomic E-state index is 11.8. The van der Waals surface area contributed by atoms with Gasteiger partial charge in [-0.15, -0.1) is 11.3 Å². The smallest absolute Gasteiger partial charge is 0.338 e. The van der Waals surface area contributed by atoms with E-state index in [2.05, 4.69) is 20.9 Å². The van der Waals surface area contributed by atoms with Crippen LogP contribution in [0.4, 0.5) is 5.69 Å². The number of carbonyl (C=O) groups excluding carboxylic acids is 1. The molecule has 2 aromatic rings. The number of nitrogens with zero attached hydrogens (tertiary/aromatic N) is 1. The molecule has 1 aromatic heterocycles. The predicted octanol–water partition coefficient (Wildman–Crippen LogP) is 3.15. The first kappa shape index (κ1) is 13.0. The van der Waals surface area contributed by atoms with E-state index in [1.165, 1.54) is 11.3 Å². The fourth-order valence-corrected chi connectivity index (χ4v) is 2.21. The first-order chi connectivity index (χ1) is 8.56. The van der Waals surface area contributed by atoms with E-state index < -0.39 is 5.97 Å². The molecule has 0 saturated carbocycles. The van der Waals surface area contributed by atoms with Crippen molar-refractivity contribution in [3.63, 3.8) is 0 Å². The molecule has 0 radical (unpaired) electrons. The maximum atomic E-state index is 11.8. The van der Waals surface area contributed by atoms with Crippen LogP contribution in [0.5, 0.6) is 0 Å². The molecule has 2 N–H and O–H groups in total. The molecule has 2 rings (SSSR count). The summed E-state index contributed by atoms with van der Waals surface area (Å²) in [6, 6.07) is 4.96.